The molecule has 1 heterocycles. The molecule has 0 aromatic carbocycles. The van der Waals surface area contributed by atoms with Crippen molar-refractivity contribution in [1.82, 2.24) is 4.98 Å². The van der Waals surface area contributed by atoms with E-state index in [2.05, 4.69) is 20.9 Å². The molecule has 0 unspecified atom stereocenters. The molecular weight excluding hydrogens is 344 g/mol. The van der Waals surface area contributed by atoms with Gasteiger partial charge >= 0.3 is 0 Å². The molecule has 0 spiro atoms. The lowest BCUT2D eigenvalue weighted by molar-refractivity contribution is 0.585. The first-order valence-electron chi connectivity index (χ1n) is 5.11. The van der Waals surface area contributed by atoms with Gasteiger partial charge in [-0.1, -0.05) is 0 Å². The maximum absolute atomic E-state index is 11.9. The minimum atomic E-state index is -3.92. The maximum atomic E-state index is 11.9. The Morgan fingerprint density at radius 1 is 1.11 bits per heavy atom. The van der Waals surface area contributed by atoms with Gasteiger partial charge in [0.25, 0.3) is 0 Å². The standard InChI is InChI=1S/C9H13BrN2O4S2/c1-3-17(13,14)12(18(15,16)4-2)9-5-8(10)6-11-7-9/h5-7H,3-4H2,1-2H3. The summed E-state index contributed by atoms with van der Waals surface area (Å²) in [5.74, 6) is -0.614. The maximum Gasteiger partial charge on any atom is 0.248 e. The molecule has 0 radical (unpaired) electrons. The molecule has 0 atom stereocenters. The second-order valence-corrected chi connectivity index (χ2v) is 8.72. The Bertz CT molecular complexity index is 594. The van der Waals surface area contributed by atoms with Crippen molar-refractivity contribution in [1.29, 1.82) is 0 Å². The number of halogens is 1. The Morgan fingerprint density at radius 2 is 1.61 bits per heavy atom. The van der Waals surface area contributed by atoms with Gasteiger partial charge < -0.3 is 0 Å². The van der Waals surface area contributed by atoms with E-state index in [1.54, 1.807) is 0 Å². The molecule has 18 heavy (non-hydrogen) atoms. The van der Waals surface area contributed by atoms with E-state index in [4.69, 9.17) is 0 Å². The van der Waals surface area contributed by atoms with Gasteiger partial charge in [0.05, 0.1) is 23.4 Å². The summed E-state index contributed by atoms with van der Waals surface area (Å²) in [6, 6.07) is 1.40. The van der Waals surface area contributed by atoms with Crippen LogP contribution in [0, 0.1) is 0 Å². The zero-order valence-electron chi connectivity index (χ0n) is 9.87. The number of hydrogen-bond donors (Lipinski definition) is 0. The highest BCUT2D eigenvalue weighted by molar-refractivity contribution is 9.10. The van der Waals surface area contributed by atoms with Gasteiger partial charge in [0.15, 0.2) is 0 Å². The van der Waals surface area contributed by atoms with Crippen molar-refractivity contribution in [2.45, 2.75) is 13.8 Å². The van der Waals surface area contributed by atoms with Crippen molar-refractivity contribution in [3.63, 3.8) is 0 Å². The van der Waals surface area contributed by atoms with Crippen LogP contribution >= 0.6 is 15.9 Å². The molecule has 1 aromatic rings. The molecule has 6 nitrogen and oxygen atoms in total. The van der Waals surface area contributed by atoms with Crippen LogP contribution in [0.3, 0.4) is 0 Å². The second kappa shape index (κ2) is 5.54. The average Bonchev–Trinajstić information content (AvgIpc) is 2.28. The van der Waals surface area contributed by atoms with Gasteiger partial charge in [-0.05, 0) is 35.8 Å². The minimum Gasteiger partial charge on any atom is -0.261 e. The largest absolute Gasteiger partial charge is 0.261 e. The van der Waals surface area contributed by atoms with Crippen LogP contribution in [0.4, 0.5) is 5.69 Å². The number of nitrogens with zero attached hydrogens (tertiary/aromatic N) is 2. The summed E-state index contributed by atoms with van der Waals surface area (Å²) in [7, 11) is -7.83. The van der Waals surface area contributed by atoms with Gasteiger partial charge in [0.1, 0.15) is 0 Å². The van der Waals surface area contributed by atoms with E-state index in [1.807, 2.05) is 0 Å². The SMILES string of the molecule is CCS(=O)(=O)N(c1cncc(Br)c1)S(=O)(=O)CC. The molecule has 1 aromatic heterocycles. The van der Waals surface area contributed by atoms with Crippen LogP contribution < -0.4 is 3.71 Å². The molecule has 1 rings (SSSR count). The molecule has 9 heteroatoms. The lowest BCUT2D eigenvalue weighted by Gasteiger charge is -2.22. The van der Waals surface area contributed by atoms with Crippen LogP contribution in [0.15, 0.2) is 22.9 Å². The van der Waals surface area contributed by atoms with Gasteiger partial charge in [0, 0.05) is 10.7 Å². The molecule has 102 valence electrons. The van der Waals surface area contributed by atoms with E-state index in [9.17, 15) is 16.8 Å². The molecule has 0 aliphatic rings. The predicted molar refractivity (Wildman–Crippen MR) is 73.3 cm³/mol. The minimum absolute atomic E-state index is 0.00748. The molecule has 0 saturated heterocycles. The highest BCUT2D eigenvalue weighted by atomic mass is 79.9. The number of hydrogen-bond acceptors (Lipinski definition) is 5. The first-order chi connectivity index (χ1) is 8.24. The van der Waals surface area contributed by atoms with Crippen molar-refractivity contribution in [2.24, 2.45) is 0 Å². The summed E-state index contributed by atoms with van der Waals surface area (Å²) in [4.78, 5) is 3.78. The lowest BCUT2D eigenvalue weighted by Crippen LogP contribution is -2.39. The number of anilines is 1. The summed E-state index contributed by atoms with van der Waals surface area (Å²) in [5.41, 5.74) is 0.00748. The van der Waals surface area contributed by atoms with E-state index in [0.717, 1.165) is 0 Å². The number of rotatable bonds is 5. The normalized spacial score (nSPS) is 12.4. The fraction of sp³-hybridized carbons (Fsp3) is 0.444. The van der Waals surface area contributed by atoms with Gasteiger partial charge in [-0.15, -0.1) is 0 Å². The predicted octanol–water partition coefficient (Wildman–Crippen LogP) is 1.35. The first kappa shape index (κ1) is 15.4. The zero-order chi connectivity index (χ0) is 14.0. The Balaban J connectivity index is 3.50. The topological polar surface area (TPSA) is 84.4 Å². The molecule has 0 saturated carbocycles. The van der Waals surface area contributed by atoms with Crippen LogP contribution in [0.25, 0.3) is 0 Å². The summed E-state index contributed by atoms with van der Waals surface area (Å²) >= 11 is 3.13. The summed E-state index contributed by atoms with van der Waals surface area (Å²) < 4.78 is 48.6. The zero-order valence-corrected chi connectivity index (χ0v) is 13.1. The average molecular weight is 357 g/mol. The fourth-order valence-corrected chi connectivity index (χ4v) is 4.91. The van der Waals surface area contributed by atoms with E-state index < -0.39 is 20.0 Å². The third kappa shape index (κ3) is 3.21. The summed E-state index contributed by atoms with van der Waals surface area (Å²) in [5, 5.41) is 0. The van der Waals surface area contributed by atoms with Crippen molar-refractivity contribution >= 4 is 41.7 Å². The van der Waals surface area contributed by atoms with Gasteiger partial charge in [-0.3, -0.25) is 4.98 Å². The quantitative estimate of drug-likeness (QED) is 0.794. The second-order valence-electron chi connectivity index (χ2n) is 3.36. The third-order valence-corrected chi connectivity index (χ3v) is 6.82. The molecule has 0 fully saturated rings. The van der Waals surface area contributed by atoms with Crippen LogP contribution in [-0.2, 0) is 20.0 Å². The van der Waals surface area contributed by atoms with Crippen LogP contribution in [-0.4, -0.2) is 33.3 Å². The van der Waals surface area contributed by atoms with Crippen molar-refractivity contribution < 1.29 is 16.8 Å². The van der Waals surface area contributed by atoms with Crippen molar-refractivity contribution in [3.8, 4) is 0 Å². The first-order valence-corrected chi connectivity index (χ1v) is 9.12. The molecule has 0 bridgehead atoms. The van der Waals surface area contributed by atoms with E-state index in [1.165, 1.54) is 32.3 Å². The molecule has 0 amide bonds. The number of aromatic nitrogens is 1. The highest BCUT2D eigenvalue weighted by Crippen LogP contribution is 2.24. The Hall–Kier alpha value is -0.670. The van der Waals surface area contributed by atoms with Gasteiger partial charge in [-0.2, -0.15) is 3.71 Å². The Kier molecular flexibility index (Phi) is 4.73. The molecular formula is C9H13BrN2O4S2. The van der Waals surface area contributed by atoms with E-state index in [-0.39, 0.29) is 17.2 Å². The highest BCUT2D eigenvalue weighted by Gasteiger charge is 2.31. The van der Waals surface area contributed by atoms with Crippen LogP contribution in [0.5, 0.6) is 0 Å². The molecule has 0 N–H and O–H groups in total. The molecule has 0 aliphatic heterocycles. The van der Waals surface area contributed by atoms with E-state index in [0.29, 0.717) is 8.18 Å². The van der Waals surface area contributed by atoms with Gasteiger partial charge in [-0.25, -0.2) is 16.8 Å². The van der Waals surface area contributed by atoms with Crippen LogP contribution in [0.2, 0.25) is 0 Å². The van der Waals surface area contributed by atoms with Crippen LogP contribution in [0.1, 0.15) is 13.8 Å². The smallest absolute Gasteiger partial charge is 0.248 e. The monoisotopic (exact) mass is 356 g/mol. The summed E-state index contributed by atoms with van der Waals surface area (Å²) in [6.45, 7) is 2.78. The molecule has 0 aliphatic carbocycles. The number of pyridine rings is 1. The summed E-state index contributed by atoms with van der Waals surface area (Å²) in [6.07, 6.45) is 2.64. The number of sulfonamides is 2. The third-order valence-electron chi connectivity index (χ3n) is 2.14. The fourth-order valence-electron chi connectivity index (χ4n) is 1.23. The van der Waals surface area contributed by atoms with Crippen molar-refractivity contribution in [2.75, 3.05) is 15.2 Å². The van der Waals surface area contributed by atoms with Crippen molar-refractivity contribution in [3.05, 3.63) is 22.9 Å². The Morgan fingerprint density at radius 3 is 2.00 bits per heavy atom. The lowest BCUT2D eigenvalue weighted by atomic mass is 10.4. The van der Waals surface area contributed by atoms with Gasteiger partial charge in [0.2, 0.25) is 20.0 Å². The Labute approximate surface area is 115 Å². The van der Waals surface area contributed by atoms with E-state index >= 15 is 0 Å².